The zero-order valence-corrected chi connectivity index (χ0v) is 5.64. The lowest BCUT2D eigenvalue weighted by atomic mass is 10.2. The fourth-order valence-electron chi connectivity index (χ4n) is 1.23. The summed E-state index contributed by atoms with van der Waals surface area (Å²) in [6.45, 7) is 3.63. The molecule has 9 heavy (non-hydrogen) atoms. The predicted octanol–water partition coefficient (Wildman–Crippen LogP) is 1.61. The summed E-state index contributed by atoms with van der Waals surface area (Å²) >= 11 is 0. The molecule has 0 aliphatic heterocycles. The van der Waals surface area contributed by atoms with E-state index in [-0.39, 0.29) is 0 Å². The standard InChI is InChI=1S/C8H13N/c1-2-3-7-4-5-8(9)6-7/h2-3,8H,1,4-6,9H2. The Bertz CT molecular complexity index is 136. The smallest absolute Gasteiger partial charge is 0.00792 e. The molecule has 0 amide bonds. The Balaban J connectivity index is 2.47. The van der Waals surface area contributed by atoms with Crippen molar-refractivity contribution < 1.29 is 0 Å². The van der Waals surface area contributed by atoms with Crippen molar-refractivity contribution in [3.63, 3.8) is 0 Å². The molecule has 0 saturated heterocycles. The molecule has 1 fully saturated rings. The highest BCUT2D eigenvalue weighted by Gasteiger charge is 2.13. The molecule has 0 aromatic carbocycles. The third-order valence-corrected chi connectivity index (χ3v) is 1.71. The van der Waals surface area contributed by atoms with E-state index in [9.17, 15) is 0 Å². The maximum atomic E-state index is 5.68. The third kappa shape index (κ3) is 1.68. The minimum absolute atomic E-state index is 0.413. The molecule has 0 aromatic rings. The van der Waals surface area contributed by atoms with Crippen molar-refractivity contribution >= 4 is 0 Å². The number of allylic oxidation sites excluding steroid dienone is 2. The highest BCUT2D eigenvalue weighted by Crippen LogP contribution is 2.22. The fraction of sp³-hybridized carbons (Fsp3) is 0.500. The largest absolute Gasteiger partial charge is 0.327 e. The summed E-state index contributed by atoms with van der Waals surface area (Å²) in [4.78, 5) is 0. The molecule has 1 nitrogen and oxygen atoms in total. The lowest BCUT2D eigenvalue weighted by Gasteiger charge is -1.94. The summed E-state index contributed by atoms with van der Waals surface area (Å²) in [6.07, 6.45) is 7.32. The van der Waals surface area contributed by atoms with Crippen LogP contribution in [0.5, 0.6) is 0 Å². The van der Waals surface area contributed by atoms with E-state index in [1.165, 1.54) is 12.0 Å². The van der Waals surface area contributed by atoms with Crippen LogP contribution in [-0.4, -0.2) is 6.04 Å². The van der Waals surface area contributed by atoms with Crippen molar-refractivity contribution in [1.82, 2.24) is 0 Å². The molecule has 1 atom stereocenters. The van der Waals surface area contributed by atoms with Crippen LogP contribution in [0.2, 0.25) is 0 Å². The van der Waals surface area contributed by atoms with Gasteiger partial charge in [0.2, 0.25) is 0 Å². The fourth-order valence-corrected chi connectivity index (χ4v) is 1.23. The summed E-state index contributed by atoms with van der Waals surface area (Å²) in [5.74, 6) is 0. The molecule has 50 valence electrons. The van der Waals surface area contributed by atoms with E-state index in [0.717, 1.165) is 12.8 Å². The van der Waals surface area contributed by atoms with Gasteiger partial charge in [0.05, 0.1) is 0 Å². The van der Waals surface area contributed by atoms with Gasteiger partial charge in [-0.2, -0.15) is 0 Å². The second kappa shape index (κ2) is 2.83. The van der Waals surface area contributed by atoms with Crippen LogP contribution in [0.25, 0.3) is 0 Å². The molecule has 1 aliphatic carbocycles. The molecule has 2 N–H and O–H groups in total. The van der Waals surface area contributed by atoms with E-state index in [0.29, 0.717) is 6.04 Å². The Hall–Kier alpha value is -0.560. The summed E-state index contributed by atoms with van der Waals surface area (Å²) in [6, 6.07) is 0.413. The van der Waals surface area contributed by atoms with Crippen molar-refractivity contribution in [2.45, 2.75) is 25.3 Å². The van der Waals surface area contributed by atoms with Gasteiger partial charge >= 0.3 is 0 Å². The zero-order chi connectivity index (χ0) is 6.69. The van der Waals surface area contributed by atoms with Crippen molar-refractivity contribution in [3.8, 4) is 0 Å². The molecule has 1 unspecified atom stereocenters. The summed E-state index contributed by atoms with van der Waals surface area (Å²) < 4.78 is 0. The number of hydrogen-bond acceptors (Lipinski definition) is 1. The monoisotopic (exact) mass is 123 g/mol. The molecule has 0 heterocycles. The first-order chi connectivity index (χ1) is 4.33. The zero-order valence-electron chi connectivity index (χ0n) is 5.64. The Morgan fingerprint density at radius 3 is 2.89 bits per heavy atom. The van der Waals surface area contributed by atoms with E-state index in [1.807, 2.05) is 6.08 Å². The second-order valence-corrected chi connectivity index (χ2v) is 2.56. The first kappa shape index (κ1) is 6.56. The Morgan fingerprint density at radius 1 is 1.67 bits per heavy atom. The molecule has 1 heteroatoms. The third-order valence-electron chi connectivity index (χ3n) is 1.71. The van der Waals surface area contributed by atoms with Crippen LogP contribution >= 0.6 is 0 Å². The average molecular weight is 123 g/mol. The van der Waals surface area contributed by atoms with Crippen molar-refractivity contribution in [3.05, 3.63) is 24.3 Å². The molecule has 1 rings (SSSR count). The predicted molar refractivity (Wildman–Crippen MR) is 40.1 cm³/mol. The van der Waals surface area contributed by atoms with Gasteiger partial charge < -0.3 is 5.73 Å². The molecule has 0 aromatic heterocycles. The van der Waals surface area contributed by atoms with Gasteiger partial charge in [0.25, 0.3) is 0 Å². The average Bonchev–Trinajstić information content (AvgIpc) is 2.17. The molecule has 1 aliphatic rings. The molecule has 0 spiro atoms. The maximum Gasteiger partial charge on any atom is 0.00792 e. The van der Waals surface area contributed by atoms with Gasteiger partial charge in [-0.05, 0) is 19.3 Å². The highest BCUT2D eigenvalue weighted by atomic mass is 14.6. The topological polar surface area (TPSA) is 26.0 Å². The minimum Gasteiger partial charge on any atom is -0.327 e. The quantitative estimate of drug-likeness (QED) is 0.563. The lowest BCUT2D eigenvalue weighted by molar-refractivity contribution is 0.711. The first-order valence-electron chi connectivity index (χ1n) is 3.39. The number of hydrogen-bond donors (Lipinski definition) is 1. The minimum atomic E-state index is 0.413. The van der Waals surface area contributed by atoms with Gasteiger partial charge in [0.15, 0.2) is 0 Å². The highest BCUT2D eigenvalue weighted by molar-refractivity contribution is 5.15. The summed E-state index contributed by atoms with van der Waals surface area (Å²) in [5, 5.41) is 0. The molecule has 1 saturated carbocycles. The normalized spacial score (nSPS) is 31.2. The van der Waals surface area contributed by atoms with Crippen molar-refractivity contribution in [2.75, 3.05) is 0 Å². The van der Waals surface area contributed by atoms with Gasteiger partial charge in [-0.25, -0.2) is 0 Å². The maximum absolute atomic E-state index is 5.68. The van der Waals surface area contributed by atoms with Gasteiger partial charge in [-0.1, -0.05) is 24.3 Å². The second-order valence-electron chi connectivity index (χ2n) is 2.56. The summed E-state index contributed by atoms with van der Waals surface area (Å²) in [7, 11) is 0. The van der Waals surface area contributed by atoms with E-state index in [2.05, 4.69) is 12.7 Å². The molecule has 0 bridgehead atoms. The van der Waals surface area contributed by atoms with Crippen LogP contribution in [0.4, 0.5) is 0 Å². The van der Waals surface area contributed by atoms with Crippen molar-refractivity contribution in [2.24, 2.45) is 5.73 Å². The summed E-state index contributed by atoms with van der Waals surface area (Å²) in [5.41, 5.74) is 7.14. The Morgan fingerprint density at radius 2 is 2.44 bits per heavy atom. The molecular weight excluding hydrogens is 110 g/mol. The van der Waals surface area contributed by atoms with Crippen LogP contribution in [0, 0.1) is 0 Å². The Labute approximate surface area is 56.2 Å². The molecule has 0 radical (unpaired) electrons. The van der Waals surface area contributed by atoms with Crippen LogP contribution in [0.1, 0.15) is 19.3 Å². The van der Waals surface area contributed by atoms with Gasteiger partial charge in [-0.15, -0.1) is 0 Å². The van der Waals surface area contributed by atoms with E-state index < -0.39 is 0 Å². The number of nitrogens with two attached hydrogens (primary N) is 1. The molecular formula is C8H13N. The van der Waals surface area contributed by atoms with Crippen LogP contribution in [-0.2, 0) is 0 Å². The van der Waals surface area contributed by atoms with Crippen molar-refractivity contribution in [1.29, 1.82) is 0 Å². The van der Waals surface area contributed by atoms with E-state index in [4.69, 9.17) is 5.73 Å². The first-order valence-corrected chi connectivity index (χ1v) is 3.39. The van der Waals surface area contributed by atoms with E-state index in [1.54, 1.807) is 0 Å². The van der Waals surface area contributed by atoms with E-state index >= 15 is 0 Å². The van der Waals surface area contributed by atoms with Gasteiger partial charge in [-0.3, -0.25) is 0 Å². The van der Waals surface area contributed by atoms with Gasteiger partial charge in [0.1, 0.15) is 0 Å². The van der Waals surface area contributed by atoms with Gasteiger partial charge in [0, 0.05) is 6.04 Å². The van der Waals surface area contributed by atoms with Crippen LogP contribution in [0.15, 0.2) is 24.3 Å². The van der Waals surface area contributed by atoms with Crippen LogP contribution < -0.4 is 5.73 Å². The van der Waals surface area contributed by atoms with Crippen LogP contribution in [0.3, 0.4) is 0 Å². The number of rotatable bonds is 1. The SMILES string of the molecule is C=CC=C1CCC(N)C1. The Kier molecular flexibility index (Phi) is 2.06. The lowest BCUT2D eigenvalue weighted by Crippen LogP contribution is -2.13.